The number of rotatable bonds is 4. The Morgan fingerprint density at radius 1 is 1.11 bits per heavy atom. The first-order chi connectivity index (χ1) is 9.11. The molecule has 19 heavy (non-hydrogen) atoms. The fraction of sp³-hybridized carbons (Fsp3) is 0.200. The summed E-state index contributed by atoms with van der Waals surface area (Å²) in [5.41, 5.74) is 1.34. The maximum absolute atomic E-state index is 13.7. The predicted molar refractivity (Wildman–Crippen MR) is 73.3 cm³/mol. The van der Waals surface area contributed by atoms with E-state index in [1.807, 2.05) is 12.1 Å². The number of nitrogens with one attached hydrogen (secondary N) is 1. The van der Waals surface area contributed by atoms with Crippen molar-refractivity contribution < 1.29 is 8.78 Å². The van der Waals surface area contributed by atoms with Gasteiger partial charge in [-0.05, 0) is 42.8 Å². The number of halogens is 3. The summed E-state index contributed by atoms with van der Waals surface area (Å²) in [6.07, 6.45) is 0.377. The summed E-state index contributed by atoms with van der Waals surface area (Å²) in [7, 11) is 1.79. The van der Waals surface area contributed by atoms with Gasteiger partial charge in [0.2, 0.25) is 0 Å². The van der Waals surface area contributed by atoms with Crippen LogP contribution >= 0.6 is 11.6 Å². The van der Waals surface area contributed by atoms with E-state index < -0.39 is 11.6 Å². The highest BCUT2D eigenvalue weighted by molar-refractivity contribution is 6.30. The molecule has 0 aromatic heterocycles. The summed E-state index contributed by atoms with van der Waals surface area (Å²) >= 11 is 5.84. The first-order valence-corrected chi connectivity index (χ1v) is 6.35. The molecule has 1 unspecified atom stereocenters. The highest BCUT2D eigenvalue weighted by atomic mass is 35.5. The van der Waals surface area contributed by atoms with E-state index in [9.17, 15) is 8.78 Å². The normalized spacial score (nSPS) is 12.4. The standard InChI is InChI=1S/C15H14ClF2N/c1-19-14(10-5-7-12(16)8-6-10)9-11-3-2-4-13(17)15(11)18/h2-8,14,19H,9H2,1H3. The molecule has 0 aliphatic heterocycles. The second-order valence-electron chi connectivity index (χ2n) is 4.31. The topological polar surface area (TPSA) is 12.0 Å². The van der Waals surface area contributed by atoms with Crippen LogP contribution < -0.4 is 5.32 Å². The van der Waals surface area contributed by atoms with Crippen molar-refractivity contribution in [3.05, 3.63) is 70.2 Å². The van der Waals surface area contributed by atoms with Crippen molar-refractivity contribution in [2.24, 2.45) is 0 Å². The number of hydrogen-bond donors (Lipinski definition) is 1. The molecular weight excluding hydrogens is 268 g/mol. The van der Waals surface area contributed by atoms with Gasteiger partial charge in [0, 0.05) is 11.1 Å². The van der Waals surface area contributed by atoms with Crippen LogP contribution in [0.1, 0.15) is 17.2 Å². The van der Waals surface area contributed by atoms with Gasteiger partial charge in [-0.1, -0.05) is 35.9 Å². The highest BCUT2D eigenvalue weighted by Crippen LogP contribution is 2.22. The summed E-state index contributed by atoms with van der Waals surface area (Å²) in [5.74, 6) is -1.60. The highest BCUT2D eigenvalue weighted by Gasteiger charge is 2.14. The lowest BCUT2D eigenvalue weighted by molar-refractivity contribution is 0.487. The lowest BCUT2D eigenvalue weighted by Gasteiger charge is -2.17. The van der Waals surface area contributed by atoms with E-state index in [-0.39, 0.29) is 6.04 Å². The van der Waals surface area contributed by atoms with Crippen molar-refractivity contribution in [2.75, 3.05) is 7.05 Å². The summed E-state index contributed by atoms with van der Waals surface area (Å²) in [6, 6.07) is 11.5. The average molecular weight is 282 g/mol. The van der Waals surface area contributed by atoms with E-state index in [2.05, 4.69) is 5.32 Å². The van der Waals surface area contributed by atoms with E-state index >= 15 is 0 Å². The Morgan fingerprint density at radius 2 is 1.79 bits per heavy atom. The number of likely N-dealkylation sites (N-methyl/N-ethyl adjacent to an activating group) is 1. The van der Waals surface area contributed by atoms with Crippen LogP contribution in [-0.4, -0.2) is 7.05 Å². The zero-order chi connectivity index (χ0) is 13.8. The van der Waals surface area contributed by atoms with Crippen LogP contribution in [0.15, 0.2) is 42.5 Å². The van der Waals surface area contributed by atoms with E-state index in [0.29, 0.717) is 17.0 Å². The van der Waals surface area contributed by atoms with E-state index in [1.165, 1.54) is 6.07 Å². The first kappa shape index (κ1) is 14.0. The molecule has 1 nitrogen and oxygen atoms in total. The van der Waals surface area contributed by atoms with Gasteiger partial charge < -0.3 is 5.32 Å². The van der Waals surface area contributed by atoms with Gasteiger partial charge in [0.15, 0.2) is 11.6 Å². The molecule has 1 atom stereocenters. The molecule has 0 aliphatic carbocycles. The molecule has 0 fully saturated rings. The van der Waals surface area contributed by atoms with Crippen LogP contribution in [-0.2, 0) is 6.42 Å². The Labute approximate surface area is 116 Å². The van der Waals surface area contributed by atoms with Crippen molar-refractivity contribution in [1.82, 2.24) is 5.32 Å². The molecular formula is C15H14ClF2N. The molecule has 0 saturated heterocycles. The van der Waals surface area contributed by atoms with Gasteiger partial charge in [0.05, 0.1) is 0 Å². The molecule has 2 aromatic carbocycles. The molecule has 0 heterocycles. The first-order valence-electron chi connectivity index (χ1n) is 5.97. The SMILES string of the molecule is CNC(Cc1cccc(F)c1F)c1ccc(Cl)cc1. The fourth-order valence-electron chi connectivity index (χ4n) is 2.01. The Hall–Kier alpha value is -1.45. The zero-order valence-corrected chi connectivity index (χ0v) is 11.2. The second kappa shape index (κ2) is 6.13. The van der Waals surface area contributed by atoms with Gasteiger partial charge in [-0.2, -0.15) is 0 Å². The van der Waals surface area contributed by atoms with E-state index in [4.69, 9.17) is 11.6 Å². The van der Waals surface area contributed by atoms with Crippen molar-refractivity contribution in [3.63, 3.8) is 0 Å². The Morgan fingerprint density at radius 3 is 2.42 bits per heavy atom. The van der Waals surface area contributed by atoms with Crippen LogP contribution in [0.5, 0.6) is 0 Å². The Kier molecular flexibility index (Phi) is 4.51. The number of benzene rings is 2. The van der Waals surface area contributed by atoms with Crippen LogP contribution in [0.4, 0.5) is 8.78 Å². The lowest BCUT2D eigenvalue weighted by Crippen LogP contribution is -2.19. The molecule has 4 heteroatoms. The molecule has 0 spiro atoms. The third-order valence-electron chi connectivity index (χ3n) is 3.08. The minimum Gasteiger partial charge on any atom is -0.313 e. The molecule has 0 radical (unpaired) electrons. The summed E-state index contributed by atoms with van der Waals surface area (Å²) in [4.78, 5) is 0. The van der Waals surface area contributed by atoms with Gasteiger partial charge in [-0.25, -0.2) is 8.78 Å². The van der Waals surface area contributed by atoms with Crippen molar-refractivity contribution in [2.45, 2.75) is 12.5 Å². The second-order valence-corrected chi connectivity index (χ2v) is 4.75. The van der Waals surface area contributed by atoms with Crippen LogP contribution in [0.25, 0.3) is 0 Å². The van der Waals surface area contributed by atoms with Crippen molar-refractivity contribution in [3.8, 4) is 0 Å². The quantitative estimate of drug-likeness (QED) is 0.889. The van der Waals surface area contributed by atoms with E-state index in [0.717, 1.165) is 11.6 Å². The molecule has 0 bridgehead atoms. The fourth-order valence-corrected chi connectivity index (χ4v) is 2.13. The third-order valence-corrected chi connectivity index (χ3v) is 3.33. The van der Waals surface area contributed by atoms with Crippen LogP contribution in [0.2, 0.25) is 5.02 Å². The Balaban J connectivity index is 2.24. The summed E-state index contributed by atoms with van der Waals surface area (Å²) < 4.78 is 26.8. The maximum atomic E-state index is 13.7. The van der Waals surface area contributed by atoms with Gasteiger partial charge in [-0.3, -0.25) is 0 Å². The Bertz CT molecular complexity index is 555. The van der Waals surface area contributed by atoms with Gasteiger partial charge >= 0.3 is 0 Å². The maximum Gasteiger partial charge on any atom is 0.162 e. The summed E-state index contributed by atoms with van der Waals surface area (Å²) in [5, 5.41) is 3.75. The predicted octanol–water partition coefficient (Wildman–Crippen LogP) is 4.12. The van der Waals surface area contributed by atoms with Crippen molar-refractivity contribution in [1.29, 1.82) is 0 Å². The monoisotopic (exact) mass is 281 g/mol. The van der Waals surface area contributed by atoms with Gasteiger partial charge in [0.25, 0.3) is 0 Å². The molecule has 2 rings (SSSR count). The van der Waals surface area contributed by atoms with E-state index in [1.54, 1.807) is 25.2 Å². The van der Waals surface area contributed by atoms with Gasteiger partial charge in [-0.15, -0.1) is 0 Å². The smallest absolute Gasteiger partial charge is 0.162 e. The third kappa shape index (κ3) is 3.31. The number of hydrogen-bond acceptors (Lipinski definition) is 1. The van der Waals surface area contributed by atoms with Gasteiger partial charge in [0.1, 0.15) is 0 Å². The molecule has 0 saturated carbocycles. The van der Waals surface area contributed by atoms with Crippen LogP contribution in [0, 0.1) is 11.6 Å². The minimum atomic E-state index is -0.816. The minimum absolute atomic E-state index is 0.0893. The largest absolute Gasteiger partial charge is 0.313 e. The molecule has 100 valence electrons. The molecule has 2 aromatic rings. The summed E-state index contributed by atoms with van der Waals surface area (Å²) in [6.45, 7) is 0. The van der Waals surface area contributed by atoms with Crippen LogP contribution in [0.3, 0.4) is 0 Å². The van der Waals surface area contributed by atoms with Crippen molar-refractivity contribution >= 4 is 11.6 Å². The molecule has 0 aliphatic rings. The molecule has 0 amide bonds. The zero-order valence-electron chi connectivity index (χ0n) is 10.5. The average Bonchev–Trinajstić information content (AvgIpc) is 2.42. The lowest BCUT2D eigenvalue weighted by atomic mass is 9.98. The molecule has 1 N–H and O–H groups in total.